The van der Waals surface area contributed by atoms with Gasteiger partial charge in [0.2, 0.25) is 5.95 Å². The van der Waals surface area contributed by atoms with Crippen molar-refractivity contribution in [3.63, 3.8) is 0 Å². The molecule has 0 unspecified atom stereocenters. The number of nitrogens with one attached hydrogen (secondary N) is 1. The topological polar surface area (TPSA) is 89.8 Å². The minimum absolute atomic E-state index is 0.0128. The predicted octanol–water partition coefficient (Wildman–Crippen LogP) is 2.70. The van der Waals surface area contributed by atoms with Gasteiger partial charge in [0.1, 0.15) is 11.5 Å². The van der Waals surface area contributed by atoms with Gasteiger partial charge in [-0.1, -0.05) is 29.3 Å². The van der Waals surface area contributed by atoms with E-state index in [1.54, 1.807) is 6.07 Å². The zero-order valence-corrected chi connectivity index (χ0v) is 11.1. The van der Waals surface area contributed by atoms with Gasteiger partial charge in [-0.2, -0.15) is 9.97 Å². The number of aromatic nitrogens is 2. The Balaban J connectivity index is 2.16. The molecule has 0 aliphatic carbocycles. The third-order valence-electron chi connectivity index (χ3n) is 2.36. The summed E-state index contributed by atoms with van der Waals surface area (Å²) in [6.07, 6.45) is 0. The molecule has 0 aliphatic rings. The third kappa shape index (κ3) is 3.15. The lowest BCUT2D eigenvalue weighted by atomic mass is 10.2. The van der Waals surface area contributed by atoms with Gasteiger partial charge in [0.25, 0.3) is 0 Å². The number of anilines is 3. The first-order valence-corrected chi connectivity index (χ1v) is 5.99. The highest BCUT2D eigenvalue weighted by atomic mass is 35.5. The molecule has 8 heteroatoms. The van der Waals surface area contributed by atoms with Crippen LogP contribution in [0.3, 0.4) is 0 Å². The fourth-order valence-corrected chi connectivity index (χ4v) is 1.81. The Morgan fingerprint density at radius 3 is 2.63 bits per heavy atom. The molecule has 1 aromatic heterocycles. The van der Waals surface area contributed by atoms with Crippen molar-refractivity contribution in [1.29, 1.82) is 0 Å². The van der Waals surface area contributed by atoms with Gasteiger partial charge in [0.15, 0.2) is 11.0 Å². The molecular formula is C11H10Cl2FN5. The van der Waals surface area contributed by atoms with Crippen LogP contribution in [0.1, 0.15) is 5.56 Å². The molecule has 19 heavy (non-hydrogen) atoms. The van der Waals surface area contributed by atoms with E-state index in [0.717, 1.165) is 5.56 Å². The van der Waals surface area contributed by atoms with Crippen molar-refractivity contribution in [1.82, 2.24) is 9.97 Å². The van der Waals surface area contributed by atoms with E-state index in [1.165, 1.54) is 12.1 Å². The van der Waals surface area contributed by atoms with Gasteiger partial charge in [-0.25, -0.2) is 4.39 Å². The van der Waals surface area contributed by atoms with E-state index in [4.69, 9.17) is 34.7 Å². The highest BCUT2D eigenvalue weighted by Gasteiger charge is 2.09. The molecule has 0 spiro atoms. The zero-order chi connectivity index (χ0) is 14.0. The quantitative estimate of drug-likeness (QED) is 0.758. The monoisotopic (exact) mass is 301 g/mol. The smallest absolute Gasteiger partial charge is 0.223 e. The van der Waals surface area contributed by atoms with E-state index in [1.807, 2.05) is 0 Å². The summed E-state index contributed by atoms with van der Waals surface area (Å²) in [7, 11) is 0. The van der Waals surface area contributed by atoms with Crippen LogP contribution in [-0.4, -0.2) is 9.97 Å². The summed E-state index contributed by atoms with van der Waals surface area (Å²) in [6, 6.07) is 4.38. The number of hydrogen-bond donors (Lipinski definition) is 3. The van der Waals surface area contributed by atoms with Gasteiger partial charge in [-0.05, 0) is 17.7 Å². The maximum atomic E-state index is 13.0. The molecule has 5 N–H and O–H groups in total. The standard InChI is InChI=1S/C11H10Cl2FN5/c12-6-3-5(1-2-7(6)14)4-17-10-8(15)9(13)18-11(16)19-10/h1-3H,4,15H2,(H3,16,17,18,19). The highest BCUT2D eigenvalue weighted by molar-refractivity contribution is 6.32. The Morgan fingerprint density at radius 1 is 1.21 bits per heavy atom. The summed E-state index contributed by atoms with van der Waals surface area (Å²) in [5, 5.41) is 3.06. The second-order valence-corrected chi connectivity index (χ2v) is 4.50. The van der Waals surface area contributed by atoms with Crippen molar-refractivity contribution >= 4 is 40.7 Å². The van der Waals surface area contributed by atoms with Crippen LogP contribution in [0.2, 0.25) is 10.2 Å². The Kier molecular flexibility index (Phi) is 3.92. The SMILES string of the molecule is Nc1nc(Cl)c(N)c(NCc2ccc(F)c(Cl)c2)n1. The second kappa shape index (κ2) is 5.46. The first-order valence-electron chi connectivity index (χ1n) is 5.23. The van der Waals surface area contributed by atoms with Crippen molar-refractivity contribution in [2.24, 2.45) is 0 Å². The normalized spacial score (nSPS) is 10.5. The first kappa shape index (κ1) is 13.6. The number of nitrogens with two attached hydrogens (primary N) is 2. The molecule has 0 bridgehead atoms. The fourth-order valence-electron chi connectivity index (χ4n) is 1.43. The van der Waals surface area contributed by atoms with Gasteiger partial charge in [0, 0.05) is 6.54 Å². The largest absolute Gasteiger partial charge is 0.393 e. The van der Waals surface area contributed by atoms with Crippen molar-refractivity contribution in [2.75, 3.05) is 16.8 Å². The number of rotatable bonds is 3. The van der Waals surface area contributed by atoms with E-state index >= 15 is 0 Å². The second-order valence-electron chi connectivity index (χ2n) is 3.74. The number of nitrogens with zero attached hydrogens (tertiary/aromatic N) is 2. The molecule has 2 rings (SSSR count). The number of hydrogen-bond acceptors (Lipinski definition) is 5. The van der Waals surface area contributed by atoms with E-state index in [0.29, 0.717) is 12.4 Å². The Labute approximate surface area is 118 Å². The maximum Gasteiger partial charge on any atom is 0.223 e. The minimum Gasteiger partial charge on any atom is -0.393 e. The van der Waals surface area contributed by atoms with Gasteiger partial charge in [-0.3, -0.25) is 0 Å². The molecule has 0 saturated carbocycles. The Hall–Kier alpha value is -1.79. The molecule has 0 radical (unpaired) electrons. The van der Waals surface area contributed by atoms with E-state index in [2.05, 4.69) is 15.3 Å². The lowest BCUT2D eigenvalue weighted by Crippen LogP contribution is -2.08. The third-order valence-corrected chi connectivity index (χ3v) is 2.94. The molecule has 2 aromatic rings. The molecule has 1 heterocycles. The van der Waals surface area contributed by atoms with Crippen molar-refractivity contribution in [3.05, 3.63) is 39.8 Å². The fraction of sp³-hybridized carbons (Fsp3) is 0.0909. The molecule has 0 saturated heterocycles. The summed E-state index contributed by atoms with van der Waals surface area (Å²) in [4.78, 5) is 7.64. The lowest BCUT2D eigenvalue weighted by molar-refractivity contribution is 0.627. The summed E-state index contributed by atoms with van der Waals surface area (Å²) in [6.45, 7) is 0.344. The molecule has 0 fully saturated rings. The van der Waals surface area contributed by atoms with E-state index in [9.17, 15) is 4.39 Å². The Bertz CT molecular complexity index is 620. The van der Waals surface area contributed by atoms with E-state index < -0.39 is 5.82 Å². The van der Waals surface area contributed by atoms with Crippen LogP contribution < -0.4 is 16.8 Å². The molecule has 1 aromatic carbocycles. The summed E-state index contributed by atoms with van der Waals surface area (Å²) in [5.41, 5.74) is 12.1. The van der Waals surface area contributed by atoms with Gasteiger partial charge < -0.3 is 16.8 Å². The van der Waals surface area contributed by atoms with Crippen LogP contribution in [-0.2, 0) is 6.54 Å². The van der Waals surface area contributed by atoms with Crippen LogP contribution >= 0.6 is 23.2 Å². The average Bonchev–Trinajstić information content (AvgIpc) is 2.36. The Morgan fingerprint density at radius 2 is 1.95 bits per heavy atom. The lowest BCUT2D eigenvalue weighted by Gasteiger charge is -2.10. The van der Waals surface area contributed by atoms with Crippen molar-refractivity contribution in [2.45, 2.75) is 6.54 Å². The van der Waals surface area contributed by atoms with Gasteiger partial charge in [0.05, 0.1) is 5.02 Å². The van der Waals surface area contributed by atoms with Crippen molar-refractivity contribution in [3.8, 4) is 0 Å². The van der Waals surface area contributed by atoms with Crippen molar-refractivity contribution < 1.29 is 4.39 Å². The first-order chi connectivity index (χ1) is 8.97. The van der Waals surface area contributed by atoms with Gasteiger partial charge in [-0.15, -0.1) is 0 Å². The number of halogens is 3. The van der Waals surface area contributed by atoms with Crippen LogP contribution in [0.25, 0.3) is 0 Å². The molecule has 0 aliphatic heterocycles. The number of nitrogen functional groups attached to an aromatic ring is 2. The molecular weight excluding hydrogens is 292 g/mol. The summed E-state index contributed by atoms with van der Waals surface area (Å²) < 4.78 is 13.0. The predicted molar refractivity (Wildman–Crippen MR) is 74.6 cm³/mol. The average molecular weight is 302 g/mol. The maximum absolute atomic E-state index is 13.0. The minimum atomic E-state index is -0.473. The van der Waals surface area contributed by atoms with Crippen LogP contribution in [0, 0.1) is 5.82 Å². The van der Waals surface area contributed by atoms with Crippen LogP contribution in [0.15, 0.2) is 18.2 Å². The molecule has 5 nitrogen and oxygen atoms in total. The zero-order valence-electron chi connectivity index (χ0n) is 9.62. The molecule has 0 amide bonds. The summed E-state index contributed by atoms with van der Waals surface area (Å²) >= 11 is 11.5. The highest BCUT2D eigenvalue weighted by Crippen LogP contribution is 2.25. The number of benzene rings is 1. The van der Waals surface area contributed by atoms with E-state index in [-0.39, 0.29) is 21.8 Å². The van der Waals surface area contributed by atoms with Crippen LogP contribution in [0.5, 0.6) is 0 Å². The summed E-state index contributed by atoms with van der Waals surface area (Å²) in [5.74, 6) is -0.143. The van der Waals surface area contributed by atoms with Gasteiger partial charge >= 0.3 is 0 Å². The molecule has 100 valence electrons. The van der Waals surface area contributed by atoms with Crippen LogP contribution in [0.4, 0.5) is 21.8 Å². The molecule has 0 atom stereocenters.